The van der Waals surface area contributed by atoms with Gasteiger partial charge in [0.25, 0.3) is 0 Å². The largest absolute Gasteiger partial charge is 0.481 e. The second-order valence-corrected chi connectivity index (χ2v) is 6.51. The molecule has 3 N–H and O–H groups in total. The van der Waals surface area contributed by atoms with E-state index in [1.165, 1.54) is 6.92 Å². The highest BCUT2D eigenvalue weighted by Gasteiger charge is 2.17. The molecular formula is C21H24N2O4. The summed E-state index contributed by atoms with van der Waals surface area (Å²) in [6, 6.07) is 14.4. The molecule has 2 amide bonds. The maximum absolute atomic E-state index is 12.5. The molecule has 27 heavy (non-hydrogen) atoms. The van der Waals surface area contributed by atoms with Crippen LogP contribution in [0.25, 0.3) is 0 Å². The number of carboxylic acids is 1. The molecule has 0 spiro atoms. The van der Waals surface area contributed by atoms with Crippen LogP contribution in [0.5, 0.6) is 0 Å². The Hall–Kier alpha value is -3.15. The van der Waals surface area contributed by atoms with Crippen molar-refractivity contribution in [3.63, 3.8) is 0 Å². The van der Waals surface area contributed by atoms with E-state index in [1.54, 1.807) is 18.2 Å². The van der Waals surface area contributed by atoms with Gasteiger partial charge in [-0.1, -0.05) is 42.0 Å². The molecule has 0 aliphatic carbocycles. The Labute approximate surface area is 158 Å². The van der Waals surface area contributed by atoms with Crippen molar-refractivity contribution in [1.29, 1.82) is 0 Å². The van der Waals surface area contributed by atoms with Gasteiger partial charge in [0.05, 0.1) is 12.5 Å². The molecule has 0 saturated carbocycles. The number of nitrogens with one attached hydrogen (secondary N) is 2. The van der Waals surface area contributed by atoms with Crippen molar-refractivity contribution in [2.24, 2.45) is 0 Å². The van der Waals surface area contributed by atoms with Gasteiger partial charge >= 0.3 is 5.97 Å². The number of amides is 2. The standard InChI is InChI=1S/C21H24N2O4/c1-14-6-9-17(10-7-14)19(22-15(2)24)13-20(25)23-18-5-3-4-16(12-18)8-11-21(26)27/h3-7,9-10,12,19H,8,11,13H2,1-2H3,(H,22,24)(H,23,25)(H,26,27). The first-order valence-corrected chi connectivity index (χ1v) is 8.77. The molecular weight excluding hydrogens is 344 g/mol. The van der Waals surface area contributed by atoms with Crippen LogP contribution in [0.4, 0.5) is 5.69 Å². The number of carboxylic acid groups (broad SMARTS) is 1. The van der Waals surface area contributed by atoms with E-state index in [9.17, 15) is 14.4 Å². The number of hydrogen-bond acceptors (Lipinski definition) is 3. The number of anilines is 1. The average molecular weight is 368 g/mol. The summed E-state index contributed by atoms with van der Waals surface area (Å²) in [5.41, 5.74) is 3.41. The summed E-state index contributed by atoms with van der Waals surface area (Å²) in [6.45, 7) is 3.40. The van der Waals surface area contributed by atoms with Gasteiger partial charge in [0, 0.05) is 19.0 Å². The zero-order valence-corrected chi connectivity index (χ0v) is 15.5. The van der Waals surface area contributed by atoms with Gasteiger partial charge < -0.3 is 15.7 Å². The van der Waals surface area contributed by atoms with Crippen molar-refractivity contribution < 1.29 is 19.5 Å². The molecule has 0 radical (unpaired) electrons. The number of carbonyl (C=O) groups excluding carboxylic acids is 2. The van der Waals surface area contributed by atoms with Crippen molar-refractivity contribution in [3.05, 3.63) is 65.2 Å². The molecule has 2 rings (SSSR count). The van der Waals surface area contributed by atoms with Crippen LogP contribution in [0, 0.1) is 6.92 Å². The van der Waals surface area contributed by atoms with Crippen LogP contribution in [0.15, 0.2) is 48.5 Å². The summed E-state index contributed by atoms with van der Waals surface area (Å²) in [5, 5.41) is 14.4. The summed E-state index contributed by atoms with van der Waals surface area (Å²) in [6.07, 6.45) is 0.536. The van der Waals surface area contributed by atoms with E-state index in [0.29, 0.717) is 12.1 Å². The Balaban J connectivity index is 2.04. The quantitative estimate of drug-likeness (QED) is 0.667. The van der Waals surface area contributed by atoms with Crippen molar-refractivity contribution in [3.8, 4) is 0 Å². The fourth-order valence-corrected chi connectivity index (χ4v) is 2.75. The third kappa shape index (κ3) is 6.93. The number of rotatable bonds is 8. The van der Waals surface area contributed by atoms with Crippen LogP contribution in [0.3, 0.4) is 0 Å². The Bertz CT molecular complexity index is 815. The second kappa shape index (κ2) is 9.52. The van der Waals surface area contributed by atoms with Crippen LogP contribution in [-0.2, 0) is 20.8 Å². The van der Waals surface area contributed by atoms with Crippen LogP contribution >= 0.6 is 0 Å². The summed E-state index contributed by atoms with van der Waals surface area (Å²) < 4.78 is 0. The van der Waals surface area contributed by atoms with Gasteiger partial charge in [-0.15, -0.1) is 0 Å². The van der Waals surface area contributed by atoms with Crippen LogP contribution in [-0.4, -0.2) is 22.9 Å². The maximum atomic E-state index is 12.5. The molecule has 0 aromatic heterocycles. The minimum absolute atomic E-state index is 0.0371. The fourth-order valence-electron chi connectivity index (χ4n) is 2.75. The van der Waals surface area contributed by atoms with Gasteiger partial charge in [-0.25, -0.2) is 0 Å². The third-order valence-corrected chi connectivity index (χ3v) is 4.09. The highest BCUT2D eigenvalue weighted by atomic mass is 16.4. The topological polar surface area (TPSA) is 95.5 Å². The normalized spacial score (nSPS) is 11.5. The third-order valence-electron chi connectivity index (χ3n) is 4.09. The summed E-state index contributed by atoms with van der Waals surface area (Å²) in [7, 11) is 0. The van der Waals surface area contributed by atoms with E-state index >= 15 is 0 Å². The Morgan fingerprint density at radius 1 is 1.07 bits per heavy atom. The number of benzene rings is 2. The van der Waals surface area contributed by atoms with Crippen molar-refractivity contribution in [2.75, 3.05) is 5.32 Å². The molecule has 0 fully saturated rings. The number of aryl methyl sites for hydroxylation is 2. The second-order valence-electron chi connectivity index (χ2n) is 6.51. The molecule has 1 atom stereocenters. The van der Waals surface area contributed by atoms with E-state index in [1.807, 2.05) is 37.3 Å². The fraction of sp³-hybridized carbons (Fsp3) is 0.286. The highest BCUT2D eigenvalue weighted by Crippen LogP contribution is 2.19. The molecule has 2 aromatic carbocycles. The minimum Gasteiger partial charge on any atom is -0.481 e. The Morgan fingerprint density at radius 3 is 2.41 bits per heavy atom. The van der Waals surface area contributed by atoms with E-state index in [0.717, 1.165) is 16.7 Å². The Morgan fingerprint density at radius 2 is 1.78 bits per heavy atom. The molecule has 2 aromatic rings. The SMILES string of the molecule is CC(=O)NC(CC(=O)Nc1cccc(CCC(=O)O)c1)c1ccc(C)cc1. The monoisotopic (exact) mass is 368 g/mol. The average Bonchev–Trinajstić information content (AvgIpc) is 2.60. The summed E-state index contributed by atoms with van der Waals surface area (Å²) >= 11 is 0. The van der Waals surface area contributed by atoms with Crippen molar-refractivity contribution in [2.45, 2.75) is 39.2 Å². The number of hydrogen-bond donors (Lipinski definition) is 3. The van der Waals surface area contributed by atoms with Crippen LogP contribution < -0.4 is 10.6 Å². The smallest absolute Gasteiger partial charge is 0.303 e. The summed E-state index contributed by atoms with van der Waals surface area (Å²) in [4.78, 5) is 34.7. The lowest BCUT2D eigenvalue weighted by Crippen LogP contribution is -2.29. The molecule has 0 aliphatic heterocycles. The Kier molecular flexibility index (Phi) is 7.11. The molecule has 0 saturated heterocycles. The number of aliphatic carboxylic acids is 1. The predicted molar refractivity (Wildman–Crippen MR) is 103 cm³/mol. The zero-order valence-electron chi connectivity index (χ0n) is 15.5. The zero-order chi connectivity index (χ0) is 19.8. The molecule has 0 aliphatic rings. The molecule has 0 heterocycles. The van der Waals surface area contributed by atoms with Gasteiger partial charge in [0.2, 0.25) is 11.8 Å². The first kappa shape index (κ1) is 20.2. The predicted octanol–water partition coefficient (Wildman–Crippen LogP) is 3.22. The van der Waals surface area contributed by atoms with Gasteiger partial charge in [0.15, 0.2) is 0 Å². The van der Waals surface area contributed by atoms with Crippen molar-refractivity contribution >= 4 is 23.5 Å². The van der Waals surface area contributed by atoms with Gasteiger partial charge in [0.1, 0.15) is 0 Å². The summed E-state index contributed by atoms with van der Waals surface area (Å²) in [5.74, 6) is -1.30. The van der Waals surface area contributed by atoms with E-state index in [-0.39, 0.29) is 24.7 Å². The minimum atomic E-state index is -0.860. The van der Waals surface area contributed by atoms with E-state index < -0.39 is 12.0 Å². The first-order chi connectivity index (χ1) is 12.8. The lowest BCUT2D eigenvalue weighted by atomic mass is 10.0. The van der Waals surface area contributed by atoms with Crippen molar-refractivity contribution in [1.82, 2.24) is 5.32 Å². The van der Waals surface area contributed by atoms with Gasteiger partial charge in [-0.05, 0) is 36.6 Å². The number of carbonyl (C=O) groups is 3. The molecule has 6 nitrogen and oxygen atoms in total. The van der Waals surface area contributed by atoms with Gasteiger partial charge in [-0.2, -0.15) is 0 Å². The molecule has 1 unspecified atom stereocenters. The molecule has 6 heteroatoms. The van der Waals surface area contributed by atoms with Crippen LogP contribution in [0.2, 0.25) is 0 Å². The van der Waals surface area contributed by atoms with E-state index in [4.69, 9.17) is 5.11 Å². The lowest BCUT2D eigenvalue weighted by molar-refractivity contribution is -0.137. The van der Waals surface area contributed by atoms with Crippen LogP contribution in [0.1, 0.15) is 42.5 Å². The lowest BCUT2D eigenvalue weighted by Gasteiger charge is -2.18. The maximum Gasteiger partial charge on any atom is 0.303 e. The van der Waals surface area contributed by atoms with Gasteiger partial charge in [-0.3, -0.25) is 14.4 Å². The molecule has 142 valence electrons. The first-order valence-electron chi connectivity index (χ1n) is 8.77. The highest BCUT2D eigenvalue weighted by molar-refractivity contribution is 5.91. The molecule has 0 bridgehead atoms. The van der Waals surface area contributed by atoms with E-state index in [2.05, 4.69) is 10.6 Å².